The summed E-state index contributed by atoms with van der Waals surface area (Å²) in [5.74, 6) is 0.804. The van der Waals surface area contributed by atoms with E-state index in [4.69, 9.17) is 0 Å². The Morgan fingerprint density at radius 3 is 2.54 bits per heavy atom. The minimum atomic E-state index is -2.96. The topological polar surface area (TPSA) is 88.4 Å². The Morgan fingerprint density at radius 1 is 1.25 bits per heavy atom. The Morgan fingerprint density at radius 2 is 1.93 bits per heavy atom. The SMILES string of the molecule is CN=C(NCc1c(C)nn(Cc2ccccc2)c1C)NC(C)CCS(C)(=O)=O. The zero-order valence-corrected chi connectivity index (χ0v) is 18.2. The van der Waals surface area contributed by atoms with Crippen LogP contribution >= 0.6 is 0 Å². The molecule has 1 aromatic heterocycles. The van der Waals surface area contributed by atoms with Crippen molar-refractivity contribution in [3.8, 4) is 0 Å². The number of benzene rings is 1. The summed E-state index contributed by atoms with van der Waals surface area (Å²) in [4.78, 5) is 4.24. The first-order valence-corrected chi connectivity index (χ1v) is 11.5. The highest BCUT2D eigenvalue weighted by Crippen LogP contribution is 2.14. The minimum Gasteiger partial charge on any atom is -0.354 e. The number of nitrogens with zero attached hydrogens (tertiary/aromatic N) is 3. The third kappa shape index (κ3) is 6.67. The number of nitrogens with one attached hydrogen (secondary N) is 2. The van der Waals surface area contributed by atoms with E-state index in [0.717, 1.165) is 23.5 Å². The zero-order chi connectivity index (χ0) is 20.7. The summed E-state index contributed by atoms with van der Waals surface area (Å²) >= 11 is 0. The number of hydrogen-bond donors (Lipinski definition) is 2. The van der Waals surface area contributed by atoms with Crippen molar-refractivity contribution in [3.63, 3.8) is 0 Å². The molecule has 28 heavy (non-hydrogen) atoms. The van der Waals surface area contributed by atoms with Crippen LogP contribution in [0.15, 0.2) is 35.3 Å². The Bertz CT molecular complexity index is 904. The molecule has 0 spiro atoms. The minimum absolute atomic E-state index is 0.00363. The summed E-state index contributed by atoms with van der Waals surface area (Å²) in [7, 11) is -1.26. The van der Waals surface area contributed by atoms with Crippen LogP contribution in [0.4, 0.5) is 0 Å². The summed E-state index contributed by atoms with van der Waals surface area (Å²) in [6.07, 6.45) is 1.79. The van der Waals surface area contributed by atoms with Crippen LogP contribution in [0.3, 0.4) is 0 Å². The number of guanidine groups is 1. The van der Waals surface area contributed by atoms with Gasteiger partial charge in [-0.25, -0.2) is 8.42 Å². The number of rotatable bonds is 8. The molecule has 0 aliphatic carbocycles. The summed E-state index contributed by atoms with van der Waals surface area (Å²) in [5, 5.41) is 11.2. The van der Waals surface area contributed by atoms with Crippen molar-refractivity contribution < 1.29 is 8.42 Å². The van der Waals surface area contributed by atoms with Crippen molar-refractivity contribution >= 4 is 15.8 Å². The number of sulfone groups is 1. The molecule has 0 radical (unpaired) electrons. The first kappa shape index (κ1) is 21.9. The first-order chi connectivity index (χ1) is 13.2. The molecule has 2 rings (SSSR count). The summed E-state index contributed by atoms with van der Waals surface area (Å²) in [6.45, 7) is 7.38. The third-order valence-electron chi connectivity index (χ3n) is 4.67. The van der Waals surface area contributed by atoms with E-state index >= 15 is 0 Å². The van der Waals surface area contributed by atoms with Crippen molar-refractivity contribution in [2.75, 3.05) is 19.1 Å². The summed E-state index contributed by atoms with van der Waals surface area (Å²) < 4.78 is 24.7. The molecule has 1 atom stereocenters. The first-order valence-electron chi connectivity index (χ1n) is 9.41. The van der Waals surface area contributed by atoms with Gasteiger partial charge in [-0.15, -0.1) is 0 Å². The maximum atomic E-state index is 11.3. The monoisotopic (exact) mass is 405 g/mol. The standard InChI is InChI=1S/C20H31N5O2S/c1-15(11-12-28(5,26)27)23-20(21-4)22-13-19-16(2)24-25(17(19)3)14-18-9-7-6-8-10-18/h6-10,15H,11-14H2,1-5H3,(H2,21,22,23). The lowest BCUT2D eigenvalue weighted by Crippen LogP contribution is -2.42. The summed E-state index contributed by atoms with van der Waals surface area (Å²) in [5.41, 5.74) is 4.46. The predicted octanol–water partition coefficient (Wildman–Crippen LogP) is 2.04. The smallest absolute Gasteiger partial charge is 0.191 e. The number of aliphatic imine (C=N–C) groups is 1. The van der Waals surface area contributed by atoms with Crippen LogP contribution in [0.5, 0.6) is 0 Å². The molecule has 0 saturated heterocycles. The van der Waals surface area contributed by atoms with Gasteiger partial charge in [0.1, 0.15) is 9.84 Å². The van der Waals surface area contributed by atoms with Gasteiger partial charge in [0.2, 0.25) is 0 Å². The lowest BCUT2D eigenvalue weighted by molar-refractivity contribution is 0.581. The van der Waals surface area contributed by atoms with E-state index in [1.54, 1.807) is 7.05 Å². The molecule has 1 heterocycles. The van der Waals surface area contributed by atoms with Gasteiger partial charge in [-0.3, -0.25) is 9.67 Å². The highest BCUT2D eigenvalue weighted by atomic mass is 32.2. The van der Waals surface area contributed by atoms with Gasteiger partial charge in [-0.05, 0) is 32.8 Å². The highest BCUT2D eigenvalue weighted by Gasteiger charge is 2.14. The normalized spacial score (nSPS) is 13.4. The van der Waals surface area contributed by atoms with E-state index in [9.17, 15) is 8.42 Å². The molecule has 0 aliphatic rings. The van der Waals surface area contributed by atoms with Crippen molar-refractivity contribution in [1.29, 1.82) is 0 Å². The van der Waals surface area contributed by atoms with Gasteiger partial charge < -0.3 is 10.6 Å². The molecular formula is C20H31N5O2S. The van der Waals surface area contributed by atoms with Crippen molar-refractivity contribution in [3.05, 3.63) is 52.8 Å². The molecule has 0 aliphatic heterocycles. The summed E-state index contributed by atoms with van der Waals surface area (Å²) in [6, 6.07) is 10.3. The fourth-order valence-electron chi connectivity index (χ4n) is 2.96. The Balaban J connectivity index is 1.97. The Kier molecular flexibility index (Phi) is 7.62. The fourth-order valence-corrected chi connectivity index (χ4v) is 3.75. The Hall–Kier alpha value is -2.35. The maximum Gasteiger partial charge on any atom is 0.191 e. The fraction of sp³-hybridized carbons (Fsp3) is 0.500. The third-order valence-corrected chi connectivity index (χ3v) is 5.64. The lowest BCUT2D eigenvalue weighted by atomic mass is 10.2. The quantitative estimate of drug-likeness (QED) is 0.518. The van der Waals surface area contributed by atoms with Crippen LogP contribution in [0.1, 0.15) is 35.9 Å². The van der Waals surface area contributed by atoms with E-state index in [0.29, 0.717) is 18.9 Å². The van der Waals surface area contributed by atoms with Gasteiger partial charge in [-0.1, -0.05) is 30.3 Å². The van der Waals surface area contributed by atoms with Crippen LogP contribution in [0.2, 0.25) is 0 Å². The molecule has 0 amide bonds. The Labute approximate surface area is 168 Å². The lowest BCUT2D eigenvalue weighted by Gasteiger charge is -2.17. The van der Waals surface area contributed by atoms with E-state index < -0.39 is 9.84 Å². The predicted molar refractivity (Wildman–Crippen MR) is 114 cm³/mol. The van der Waals surface area contributed by atoms with Crippen LogP contribution in [-0.4, -0.2) is 49.3 Å². The van der Waals surface area contributed by atoms with Gasteiger partial charge in [0, 0.05) is 37.1 Å². The molecule has 0 bridgehead atoms. The molecule has 0 saturated carbocycles. The average molecular weight is 406 g/mol. The van der Waals surface area contributed by atoms with Crippen LogP contribution < -0.4 is 10.6 Å². The van der Waals surface area contributed by atoms with E-state index in [1.165, 1.54) is 11.8 Å². The van der Waals surface area contributed by atoms with Crippen LogP contribution in [-0.2, 0) is 22.9 Å². The van der Waals surface area contributed by atoms with Gasteiger partial charge in [0.15, 0.2) is 5.96 Å². The molecule has 7 nitrogen and oxygen atoms in total. The zero-order valence-electron chi connectivity index (χ0n) is 17.4. The van der Waals surface area contributed by atoms with Gasteiger partial charge in [0.05, 0.1) is 18.0 Å². The molecule has 0 fully saturated rings. The second-order valence-electron chi connectivity index (χ2n) is 7.18. The molecule has 2 aromatic rings. The molecular weight excluding hydrogens is 374 g/mol. The molecule has 2 N–H and O–H groups in total. The number of aromatic nitrogens is 2. The molecule has 8 heteroatoms. The maximum absolute atomic E-state index is 11.3. The van der Waals surface area contributed by atoms with Gasteiger partial charge in [-0.2, -0.15) is 5.10 Å². The second kappa shape index (κ2) is 9.73. The molecule has 154 valence electrons. The average Bonchev–Trinajstić information content (AvgIpc) is 2.90. The molecule has 1 aromatic carbocycles. The van der Waals surface area contributed by atoms with E-state index in [-0.39, 0.29) is 11.8 Å². The van der Waals surface area contributed by atoms with Gasteiger partial charge in [0.25, 0.3) is 0 Å². The van der Waals surface area contributed by atoms with Gasteiger partial charge >= 0.3 is 0 Å². The van der Waals surface area contributed by atoms with Crippen molar-refractivity contribution in [2.45, 2.75) is 46.3 Å². The number of hydrogen-bond acceptors (Lipinski definition) is 4. The van der Waals surface area contributed by atoms with Crippen LogP contribution in [0, 0.1) is 13.8 Å². The second-order valence-corrected chi connectivity index (χ2v) is 9.44. The number of aryl methyl sites for hydroxylation is 1. The molecule has 1 unspecified atom stereocenters. The van der Waals surface area contributed by atoms with E-state index in [1.807, 2.05) is 36.7 Å². The van der Waals surface area contributed by atoms with Crippen molar-refractivity contribution in [2.24, 2.45) is 4.99 Å². The van der Waals surface area contributed by atoms with Crippen LogP contribution in [0.25, 0.3) is 0 Å². The largest absolute Gasteiger partial charge is 0.354 e. The highest BCUT2D eigenvalue weighted by molar-refractivity contribution is 7.90. The van der Waals surface area contributed by atoms with Crippen molar-refractivity contribution in [1.82, 2.24) is 20.4 Å². The van der Waals surface area contributed by atoms with E-state index in [2.05, 4.69) is 39.8 Å².